The molecule has 0 aromatic heterocycles. The third-order valence-electron chi connectivity index (χ3n) is 3.89. The van der Waals surface area contributed by atoms with Gasteiger partial charge >= 0.3 is 0 Å². The van der Waals surface area contributed by atoms with E-state index in [0.717, 1.165) is 11.1 Å². The van der Waals surface area contributed by atoms with Crippen molar-refractivity contribution in [1.29, 1.82) is 0 Å². The van der Waals surface area contributed by atoms with Gasteiger partial charge in [-0.25, -0.2) is 0 Å². The van der Waals surface area contributed by atoms with Crippen molar-refractivity contribution in [3.05, 3.63) is 35.4 Å². The van der Waals surface area contributed by atoms with E-state index < -0.39 is 18.0 Å². The van der Waals surface area contributed by atoms with E-state index in [2.05, 4.69) is 0 Å². The monoisotopic (exact) mass is 266 g/mol. The summed E-state index contributed by atoms with van der Waals surface area (Å²) in [5.74, 6) is -1.30. The first kappa shape index (κ1) is 13.0. The molecule has 4 atom stereocenters. The number of rotatable bonds is 2. The summed E-state index contributed by atoms with van der Waals surface area (Å²) in [6, 6.07) is 7.52. The Morgan fingerprint density at radius 3 is 2.84 bits per heavy atom. The van der Waals surface area contributed by atoms with Crippen molar-refractivity contribution >= 4 is 0 Å². The molecule has 1 spiro atoms. The Morgan fingerprint density at radius 2 is 2.05 bits per heavy atom. The number of hydrogen-bond donors (Lipinski definition) is 3. The number of hydrogen-bond acceptors (Lipinski definition) is 5. The fourth-order valence-corrected chi connectivity index (χ4v) is 2.93. The molecule has 0 radical (unpaired) electrons. The predicted octanol–water partition coefficient (Wildman–Crippen LogP) is 0.263. The average Bonchev–Trinajstić information content (AvgIpc) is 2.77. The fourth-order valence-electron chi connectivity index (χ4n) is 2.93. The standard InChI is InChI=1S/C14H18O5/c15-6-5-10-7-12(16)13(17)14(19-10)11-4-2-1-3-9(11)8-18-14/h1-4,10,12-13,15-17H,5-8H2/t10-,12+,13-,14+/m1/s1. The Kier molecular flexibility index (Phi) is 3.32. The van der Waals surface area contributed by atoms with Crippen molar-refractivity contribution in [3.63, 3.8) is 0 Å². The first-order chi connectivity index (χ1) is 9.17. The molecular formula is C14H18O5. The van der Waals surface area contributed by atoms with Crippen LogP contribution in [0.15, 0.2) is 24.3 Å². The lowest BCUT2D eigenvalue weighted by Crippen LogP contribution is -2.55. The molecule has 0 bridgehead atoms. The third kappa shape index (κ3) is 1.98. The lowest BCUT2D eigenvalue weighted by Gasteiger charge is -2.44. The number of fused-ring (bicyclic) bond motifs is 2. The van der Waals surface area contributed by atoms with Gasteiger partial charge in [-0.2, -0.15) is 0 Å². The van der Waals surface area contributed by atoms with Crippen LogP contribution >= 0.6 is 0 Å². The molecule has 5 heteroatoms. The summed E-state index contributed by atoms with van der Waals surface area (Å²) in [6.07, 6.45) is -1.65. The molecule has 1 aromatic carbocycles. The SMILES string of the molecule is OCC[C@@H]1C[C@H](O)[C@@H](O)[C@@]2(OCc3ccccc32)O1. The minimum Gasteiger partial charge on any atom is -0.396 e. The number of aliphatic hydroxyl groups is 3. The van der Waals surface area contributed by atoms with E-state index >= 15 is 0 Å². The molecule has 0 aliphatic carbocycles. The zero-order valence-corrected chi connectivity index (χ0v) is 10.5. The Hall–Kier alpha value is -0.980. The Balaban J connectivity index is 1.97. The second kappa shape index (κ2) is 4.85. The number of aliphatic hydroxyl groups excluding tert-OH is 3. The van der Waals surface area contributed by atoms with Crippen LogP contribution in [0.5, 0.6) is 0 Å². The van der Waals surface area contributed by atoms with Crippen molar-refractivity contribution in [2.75, 3.05) is 6.61 Å². The van der Waals surface area contributed by atoms with Crippen LogP contribution in [0.1, 0.15) is 24.0 Å². The van der Waals surface area contributed by atoms with Crippen LogP contribution in [0.3, 0.4) is 0 Å². The highest BCUT2D eigenvalue weighted by Crippen LogP contribution is 2.45. The van der Waals surface area contributed by atoms with Gasteiger partial charge in [0, 0.05) is 18.6 Å². The molecule has 1 saturated heterocycles. The first-order valence-corrected chi connectivity index (χ1v) is 6.54. The molecule has 2 aliphatic heterocycles. The molecule has 1 aromatic rings. The highest BCUT2D eigenvalue weighted by atomic mass is 16.7. The molecule has 3 N–H and O–H groups in total. The Bertz CT molecular complexity index is 463. The van der Waals surface area contributed by atoms with Crippen molar-refractivity contribution in [1.82, 2.24) is 0 Å². The van der Waals surface area contributed by atoms with E-state index in [0.29, 0.717) is 19.4 Å². The molecule has 104 valence electrons. The van der Waals surface area contributed by atoms with Crippen LogP contribution in [-0.2, 0) is 21.9 Å². The molecular weight excluding hydrogens is 248 g/mol. The number of ether oxygens (including phenoxy) is 2. The summed E-state index contributed by atoms with van der Waals surface area (Å²) in [7, 11) is 0. The zero-order valence-electron chi connectivity index (χ0n) is 10.5. The van der Waals surface area contributed by atoms with E-state index in [4.69, 9.17) is 14.6 Å². The van der Waals surface area contributed by atoms with Gasteiger partial charge in [0.15, 0.2) is 0 Å². The second-order valence-corrected chi connectivity index (χ2v) is 5.11. The lowest BCUT2D eigenvalue weighted by atomic mass is 9.88. The van der Waals surface area contributed by atoms with Gasteiger partial charge in [0.2, 0.25) is 5.79 Å². The van der Waals surface area contributed by atoms with Crippen molar-refractivity contribution in [2.24, 2.45) is 0 Å². The lowest BCUT2D eigenvalue weighted by molar-refractivity contribution is -0.345. The predicted molar refractivity (Wildman–Crippen MR) is 66.1 cm³/mol. The number of benzene rings is 1. The van der Waals surface area contributed by atoms with Crippen molar-refractivity contribution < 1.29 is 24.8 Å². The van der Waals surface area contributed by atoms with Crippen LogP contribution in [0.2, 0.25) is 0 Å². The van der Waals surface area contributed by atoms with Gasteiger partial charge in [0.25, 0.3) is 0 Å². The van der Waals surface area contributed by atoms with Gasteiger partial charge in [0.1, 0.15) is 6.10 Å². The highest BCUT2D eigenvalue weighted by molar-refractivity contribution is 5.35. The van der Waals surface area contributed by atoms with Gasteiger partial charge in [-0.1, -0.05) is 24.3 Å². The largest absolute Gasteiger partial charge is 0.396 e. The van der Waals surface area contributed by atoms with E-state index in [9.17, 15) is 10.2 Å². The molecule has 5 nitrogen and oxygen atoms in total. The third-order valence-corrected chi connectivity index (χ3v) is 3.89. The van der Waals surface area contributed by atoms with Gasteiger partial charge < -0.3 is 24.8 Å². The van der Waals surface area contributed by atoms with E-state index in [1.807, 2.05) is 24.3 Å². The fraction of sp³-hybridized carbons (Fsp3) is 0.571. The van der Waals surface area contributed by atoms with Gasteiger partial charge in [-0.15, -0.1) is 0 Å². The first-order valence-electron chi connectivity index (χ1n) is 6.54. The molecule has 2 aliphatic rings. The normalized spacial score (nSPS) is 37.5. The van der Waals surface area contributed by atoms with Crippen LogP contribution in [0.25, 0.3) is 0 Å². The Labute approximate surface area is 111 Å². The second-order valence-electron chi connectivity index (χ2n) is 5.11. The summed E-state index contributed by atoms with van der Waals surface area (Å²) in [5, 5.41) is 29.4. The minimum absolute atomic E-state index is 0.0226. The van der Waals surface area contributed by atoms with Crippen LogP contribution in [0, 0.1) is 0 Å². The summed E-state index contributed by atoms with van der Waals surface area (Å²) < 4.78 is 11.6. The molecule has 0 unspecified atom stereocenters. The molecule has 2 heterocycles. The maximum atomic E-state index is 10.3. The maximum absolute atomic E-state index is 10.3. The van der Waals surface area contributed by atoms with Gasteiger partial charge in [0.05, 0.1) is 18.8 Å². The van der Waals surface area contributed by atoms with E-state index in [-0.39, 0.29) is 12.7 Å². The summed E-state index contributed by atoms with van der Waals surface area (Å²) in [6.45, 7) is 0.330. The summed E-state index contributed by atoms with van der Waals surface area (Å²) >= 11 is 0. The maximum Gasteiger partial charge on any atom is 0.225 e. The van der Waals surface area contributed by atoms with E-state index in [1.165, 1.54) is 0 Å². The van der Waals surface area contributed by atoms with Gasteiger partial charge in [-0.3, -0.25) is 0 Å². The molecule has 0 saturated carbocycles. The molecule has 0 amide bonds. The van der Waals surface area contributed by atoms with Crippen LogP contribution in [0.4, 0.5) is 0 Å². The quantitative estimate of drug-likeness (QED) is 0.715. The van der Waals surface area contributed by atoms with Gasteiger partial charge in [-0.05, 0) is 12.0 Å². The van der Waals surface area contributed by atoms with Crippen molar-refractivity contribution in [2.45, 2.75) is 43.5 Å². The highest BCUT2D eigenvalue weighted by Gasteiger charge is 2.54. The van der Waals surface area contributed by atoms with Crippen LogP contribution < -0.4 is 0 Å². The van der Waals surface area contributed by atoms with Crippen LogP contribution in [-0.4, -0.2) is 40.2 Å². The smallest absolute Gasteiger partial charge is 0.225 e. The Morgan fingerprint density at radius 1 is 1.26 bits per heavy atom. The molecule has 19 heavy (non-hydrogen) atoms. The molecule has 3 rings (SSSR count). The topological polar surface area (TPSA) is 79.2 Å². The summed E-state index contributed by atoms with van der Waals surface area (Å²) in [5.41, 5.74) is 1.72. The van der Waals surface area contributed by atoms with E-state index in [1.54, 1.807) is 0 Å². The molecule has 1 fully saturated rings. The summed E-state index contributed by atoms with van der Waals surface area (Å²) in [4.78, 5) is 0. The van der Waals surface area contributed by atoms with Crippen molar-refractivity contribution in [3.8, 4) is 0 Å². The zero-order chi connectivity index (χ0) is 13.5. The average molecular weight is 266 g/mol. The minimum atomic E-state index is -1.30.